The summed E-state index contributed by atoms with van der Waals surface area (Å²) in [5.74, 6) is 0. The fourth-order valence-electron chi connectivity index (χ4n) is 3.58. The van der Waals surface area contributed by atoms with Crippen LogP contribution in [0.3, 0.4) is 0 Å². The van der Waals surface area contributed by atoms with E-state index >= 15 is 0 Å². The molecule has 0 radical (unpaired) electrons. The van der Waals surface area contributed by atoms with Gasteiger partial charge in [0, 0.05) is 56.4 Å². The minimum absolute atomic E-state index is 0.950. The van der Waals surface area contributed by atoms with E-state index in [-0.39, 0.29) is 0 Å². The quantitative estimate of drug-likeness (QED) is 0.846. The van der Waals surface area contributed by atoms with E-state index in [2.05, 4.69) is 51.4 Å². The van der Waals surface area contributed by atoms with Gasteiger partial charge in [-0.05, 0) is 51.9 Å². The summed E-state index contributed by atoms with van der Waals surface area (Å²) in [5.41, 5.74) is 5.23. The van der Waals surface area contributed by atoms with Crippen molar-refractivity contribution in [3.05, 3.63) is 47.0 Å². The topological polar surface area (TPSA) is 37.2 Å². The van der Waals surface area contributed by atoms with E-state index in [4.69, 9.17) is 0 Å². The first-order chi connectivity index (χ1) is 11.7. The van der Waals surface area contributed by atoms with Gasteiger partial charge >= 0.3 is 0 Å². The molecule has 2 aromatic heterocycles. The summed E-state index contributed by atoms with van der Waals surface area (Å²) in [6, 6.07) is 4.19. The number of hydrogen-bond donors (Lipinski definition) is 0. The lowest BCUT2D eigenvalue weighted by Crippen LogP contribution is -2.30. The summed E-state index contributed by atoms with van der Waals surface area (Å²) in [6.45, 7) is 14.1. The highest BCUT2D eigenvalue weighted by Gasteiger charge is 2.18. The Labute approximate surface area is 145 Å². The van der Waals surface area contributed by atoms with Gasteiger partial charge in [-0.3, -0.25) is 19.5 Å². The molecular formula is C19H29N5. The molecule has 0 saturated carbocycles. The van der Waals surface area contributed by atoms with E-state index in [1.54, 1.807) is 0 Å². The summed E-state index contributed by atoms with van der Waals surface area (Å²) < 4.78 is 2.12. The molecule has 3 rings (SSSR count). The van der Waals surface area contributed by atoms with Gasteiger partial charge in [0.25, 0.3) is 0 Å². The van der Waals surface area contributed by atoms with Gasteiger partial charge in [-0.2, -0.15) is 5.10 Å². The first kappa shape index (κ1) is 17.1. The summed E-state index contributed by atoms with van der Waals surface area (Å²) in [4.78, 5) is 9.36. The van der Waals surface area contributed by atoms with Gasteiger partial charge in [0.1, 0.15) is 0 Å². The standard InChI is InChI=1S/C19H29N5/c1-4-24-17(3)19(16(2)21-24)15-23-10-6-9-22(11-12-23)14-18-7-5-8-20-13-18/h5,7-8,13H,4,6,9-12,14-15H2,1-3H3. The van der Waals surface area contributed by atoms with Crippen LogP contribution < -0.4 is 0 Å². The van der Waals surface area contributed by atoms with Crippen molar-refractivity contribution in [1.82, 2.24) is 24.6 Å². The highest BCUT2D eigenvalue weighted by atomic mass is 15.3. The van der Waals surface area contributed by atoms with E-state index in [1.807, 2.05) is 18.5 Å². The number of nitrogens with zero attached hydrogens (tertiary/aromatic N) is 5. The fraction of sp³-hybridized carbons (Fsp3) is 0.579. The van der Waals surface area contributed by atoms with Crippen LogP contribution in [-0.4, -0.2) is 50.7 Å². The van der Waals surface area contributed by atoms with Gasteiger partial charge in [0.2, 0.25) is 0 Å². The first-order valence-electron chi connectivity index (χ1n) is 9.04. The molecule has 0 amide bonds. The number of rotatable bonds is 5. The fourth-order valence-corrected chi connectivity index (χ4v) is 3.58. The number of hydrogen-bond acceptors (Lipinski definition) is 4. The van der Waals surface area contributed by atoms with Crippen molar-refractivity contribution in [3.63, 3.8) is 0 Å². The highest BCUT2D eigenvalue weighted by molar-refractivity contribution is 5.24. The molecule has 0 aliphatic carbocycles. The van der Waals surface area contributed by atoms with Crippen LogP contribution in [0.25, 0.3) is 0 Å². The summed E-state index contributed by atoms with van der Waals surface area (Å²) in [5, 5.41) is 4.66. The summed E-state index contributed by atoms with van der Waals surface area (Å²) in [7, 11) is 0. The van der Waals surface area contributed by atoms with E-state index in [9.17, 15) is 0 Å². The Bertz CT molecular complexity index is 649. The van der Waals surface area contributed by atoms with Crippen LogP contribution in [0, 0.1) is 13.8 Å². The van der Waals surface area contributed by atoms with Gasteiger partial charge in [0.05, 0.1) is 5.69 Å². The lowest BCUT2D eigenvalue weighted by molar-refractivity contribution is 0.246. The predicted molar refractivity (Wildman–Crippen MR) is 96.8 cm³/mol. The van der Waals surface area contributed by atoms with Crippen LogP contribution in [0.15, 0.2) is 24.5 Å². The monoisotopic (exact) mass is 327 g/mol. The first-order valence-corrected chi connectivity index (χ1v) is 9.04. The highest BCUT2D eigenvalue weighted by Crippen LogP contribution is 2.17. The van der Waals surface area contributed by atoms with Crippen molar-refractivity contribution in [2.24, 2.45) is 0 Å². The Hall–Kier alpha value is -1.72. The van der Waals surface area contributed by atoms with E-state index in [0.717, 1.165) is 39.3 Å². The van der Waals surface area contributed by atoms with Gasteiger partial charge in [-0.25, -0.2) is 0 Å². The van der Waals surface area contributed by atoms with E-state index in [0.29, 0.717) is 0 Å². The maximum Gasteiger partial charge on any atom is 0.0641 e. The number of pyridine rings is 1. The van der Waals surface area contributed by atoms with E-state index in [1.165, 1.54) is 35.5 Å². The third kappa shape index (κ3) is 4.02. The molecule has 0 spiro atoms. The lowest BCUT2D eigenvalue weighted by atomic mass is 10.2. The Kier molecular flexibility index (Phi) is 5.63. The minimum atomic E-state index is 0.950. The molecule has 24 heavy (non-hydrogen) atoms. The zero-order valence-electron chi connectivity index (χ0n) is 15.2. The molecule has 0 bridgehead atoms. The third-order valence-corrected chi connectivity index (χ3v) is 5.02. The molecule has 1 aliphatic heterocycles. The molecule has 0 aromatic carbocycles. The Morgan fingerprint density at radius 1 is 1.04 bits per heavy atom. The molecule has 0 atom stereocenters. The van der Waals surface area contributed by atoms with Crippen molar-refractivity contribution in [2.45, 2.75) is 46.8 Å². The van der Waals surface area contributed by atoms with Crippen LogP contribution in [0.2, 0.25) is 0 Å². The lowest BCUT2D eigenvalue weighted by Gasteiger charge is -2.22. The SMILES string of the molecule is CCn1nc(C)c(CN2CCCN(Cc3cccnc3)CC2)c1C. The second kappa shape index (κ2) is 7.90. The molecular weight excluding hydrogens is 298 g/mol. The van der Waals surface area contributed by atoms with Crippen molar-refractivity contribution in [1.29, 1.82) is 0 Å². The van der Waals surface area contributed by atoms with Gasteiger partial charge < -0.3 is 0 Å². The van der Waals surface area contributed by atoms with Crippen LogP contribution in [0.5, 0.6) is 0 Å². The van der Waals surface area contributed by atoms with Gasteiger partial charge in [-0.1, -0.05) is 6.07 Å². The van der Waals surface area contributed by atoms with Crippen LogP contribution in [0.4, 0.5) is 0 Å². The smallest absolute Gasteiger partial charge is 0.0641 e. The minimum Gasteiger partial charge on any atom is -0.298 e. The predicted octanol–water partition coefficient (Wildman–Crippen LogP) is 2.62. The summed E-state index contributed by atoms with van der Waals surface area (Å²) >= 11 is 0. The Morgan fingerprint density at radius 2 is 1.79 bits per heavy atom. The molecule has 0 unspecified atom stereocenters. The molecule has 1 fully saturated rings. The average Bonchev–Trinajstić information content (AvgIpc) is 2.76. The molecule has 130 valence electrons. The maximum atomic E-state index is 4.66. The molecule has 1 saturated heterocycles. The molecule has 2 aromatic rings. The third-order valence-electron chi connectivity index (χ3n) is 5.02. The number of aromatic nitrogens is 3. The summed E-state index contributed by atoms with van der Waals surface area (Å²) in [6.07, 6.45) is 5.05. The molecule has 3 heterocycles. The van der Waals surface area contributed by atoms with Crippen molar-refractivity contribution >= 4 is 0 Å². The van der Waals surface area contributed by atoms with Crippen LogP contribution in [0.1, 0.15) is 35.9 Å². The Balaban J connectivity index is 1.59. The average molecular weight is 327 g/mol. The Morgan fingerprint density at radius 3 is 2.42 bits per heavy atom. The van der Waals surface area contributed by atoms with Crippen molar-refractivity contribution in [2.75, 3.05) is 26.2 Å². The van der Waals surface area contributed by atoms with Crippen molar-refractivity contribution < 1.29 is 0 Å². The van der Waals surface area contributed by atoms with Crippen LogP contribution >= 0.6 is 0 Å². The maximum absolute atomic E-state index is 4.66. The molecule has 1 aliphatic rings. The zero-order chi connectivity index (χ0) is 16.9. The zero-order valence-corrected chi connectivity index (χ0v) is 15.2. The van der Waals surface area contributed by atoms with Crippen LogP contribution in [-0.2, 0) is 19.6 Å². The molecule has 5 heteroatoms. The van der Waals surface area contributed by atoms with Gasteiger partial charge in [-0.15, -0.1) is 0 Å². The van der Waals surface area contributed by atoms with Crippen molar-refractivity contribution in [3.8, 4) is 0 Å². The normalized spacial score (nSPS) is 17.1. The van der Waals surface area contributed by atoms with Gasteiger partial charge in [0.15, 0.2) is 0 Å². The second-order valence-electron chi connectivity index (χ2n) is 6.73. The molecule has 0 N–H and O–H groups in total. The largest absolute Gasteiger partial charge is 0.298 e. The number of aryl methyl sites for hydroxylation is 2. The van der Waals surface area contributed by atoms with E-state index < -0.39 is 0 Å². The molecule has 5 nitrogen and oxygen atoms in total. The second-order valence-corrected chi connectivity index (χ2v) is 6.73.